The first-order valence-electron chi connectivity index (χ1n) is 11.4. The second kappa shape index (κ2) is 10.8. The van der Waals surface area contributed by atoms with Crippen molar-refractivity contribution in [2.75, 3.05) is 19.2 Å². The number of ether oxygens (including phenoxy) is 2. The summed E-state index contributed by atoms with van der Waals surface area (Å²) in [5.74, 6) is 0.547. The number of hydrazone groups is 1. The second-order valence-electron chi connectivity index (χ2n) is 8.31. The molecule has 11 heteroatoms. The minimum absolute atomic E-state index is 0.00948. The Bertz CT molecular complexity index is 1340. The predicted molar refractivity (Wildman–Crippen MR) is 131 cm³/mol. The standard InChI is InChI=1S/C26H25F3N4O4/c1-36-22-13-16(5-9-20(22)34)3-7-18-15-19(8-4-17-6-10-21(35)23(14-17)37-2)33(32-18)25-30-12-11-24(31-25)26(27,28)29/h5-6,8-14,34-35H,3-4,7,15H2,1-2H3. The van der Waals surface area contributed by atoms with Crippen molar-refractivity contribution >= 4 is 11.7 Å². The Labute approximate surface area is 211 Å². The molecule has 0 fully saturated rings. The molecule has 2 aromatic carbocycles. The molecular formula is C26H25F3N4O4. The van der Waals surface area contributed by atoms with E-state index < -0.39 is 11.9 Å². The predicted octanol–water partition coefficient (Wildman–Crippen LogP) is 5.25. The van der Waals surface area contributed by atoms with Crippen LogP contribution in [0.5, 0.6) is 23.0 Å². The fourth-order valence-corrected chi connectivity index (χ4v) is 3.85. The maximum Gasteiger partial charge on any atom is 0.433 e. The Morgan fingerprint density at radius 1 is 0.946 bits per heavy atom. The van der Waals surface area contributed by atoms with Gasteiger partial charge in [-0.25, -0.2) is 15.0 Å². The average Bonchev–Trinajstić information content (AvgIpc) is 3.30. The van der Waals surface area contributed by atoms with Crippen molar-refractivity contribution in [2.45, 2.75) is 31.9 Å². The van der Waals surface area contributed by atoms with E-state index in [0.717, 1.165) is 29.1 Å². The number of rotatable bonds is 8. The highest BCUT2D eigenvalue weighted by atomic mass is 19.4. The molecular weight excluding hydrogens is 489 g/mol. The summed E-state index contributed by atoms with van der Waals surface area (Å²) in [6.07, 6.45) is 0.195. The molecule has 0 saturated carbocycles. The first-order valence-corrected chi connectivity index (χ1v) is 11.4. The van der Waals surface area contributed by atoms with Gasteiger partial charge >= 0.3 is 6.18 Å². The van der Waals surface area contributed by atoms with Gasteiger partial charge in [0.25, 0.3) is 5.95 Å². The van der Waals surface area contributed by atoms with Crippen LogP contribution in [0.4, 0.5) is 19.1 Å². The fourth-order valence-electron chi connectivity index (χ4n) is 3.85. The minimum Gasteiger partial charge on any atom is -0.504 e. The van der Waals surface area contributed by atoms with Gasteiger partial charge < -0.3 is 19.7 Å². The van der Waals surface area contributed by atoms with Crippen molar-refractivity contribution in [3.8, 4) is 23.0 Å². The zero-order valence-corrected chi connectivity index (χ0v) is 20.2. The Morgan fingerprint density at radius 2 is 1.59 bits per heavy atom. The number of phenolic OH excluding ortho intramolecular Hbond substituents is 2. The summed E-state index contributed by atoms with van der Waals surface area (Å²) in [6, 6.07) is 10.8. The number of alkyl halides is 3. The average molecular weight is 515 g/mol. The number of aromatic nitrogens is 2. The number of aryl methyl sites for hydroxylation is 1. The summed E-state index contributed by atoms with van der Waals surface area (Å²) in [6.45, 7) is 0. The summed E-state index contributed by atoms with van der Waals surface area (Å²) in [4.78, 5) is 7.73. The number of hydrogen-bond donors (Lipinski definition) is 2. The summed E-state index contributed by atoms with van der Waals surface area (Å²) in [7, 11) is 2.92. The Morgan fingerprint density at radius 3 is 2.24 bits per heavy atom. The number of hydrogen-bond acceptors (Lipinski definition) is 8. The molecule has 0 radical (unpaired) electrons. The third kappa shape index (κ3) is 6.11. The van der Waals surface area contributed by atoms with E-state index in [1.54, 1.807) is 30.3 Å². The van der Waals surface area contributed by atoms with E-state index in [-0.39, 0.29) is 17.4 Å². The Kier molecular flexibility index (Phi) is 7.51. The SMILES string of the molecule is COc1cc(CC=C2CC(CCc3ccc(O)c(OC)c3)=NN2c2nccc(C(F)(F)F)n2)ccc1O. The van der Waals surface area contributed by atoms with Crippen molar-refractivity contribution in [3.05, 3.63) is 77.3 Å². The van der Waals surface area contributed by atoms with Crippen LogP contribution in [0.1, 0.15) is 29.7 Å². The third-order valence-electron chi connectivity index (χ3n) is 5.79. The van der Waals surface area contributed by atoms with Gasteiger partial charge in [-0.1, -0.05) is 18.2 Å². The van der Waals surface area contributed by atoms with Crippen molar-refractivity contribution in [2.24, 2.45) is 5.10 Å². The number of phenols is 2. The van der Waals surface area contributed by atoms with Crippen LogP contribution in [0.25, 0.3) is 0 Å². The molecule has 194 valence electrons. The van der Waals surface area contributed by atoms with Crippen LogP contribution >= 0.6 is 0 Å². The van der Waals surface area contributed by atoms with Gasteiger partial charge in [-0.05, 0) is 60.7 Å². The third-order valence-corrected chi connectivity index (χ3v) is 5.79. The van der Waals surface area contributed by atoms with Gasteiger partial charge in [0.1, 0.15) is 5.69 Å². The molecule has 37 heavy (non-hydrogen) atoms. The maximum atomic E-state index is 13.3. The zero-order valence-electron chi connectivity index (χ0n) is 20.2. The lowest BCUT2D eigenvalue weighted by molar-refractivity contribution is -0.141. The van der Waals surface area contributed by atoms with E-state index in [9.17, 15) is 23.4 Å². The number of allylic oxidation sites excluding steroid dienone is 2. The lowest BCUT2D eigenvalue weighted by Gasteiger charge is -2.16. The number of aromatic hydroxyl groups is 2. The highest BCUT2D eigenvalue weighted by Gasteiger charge is 2.34. The van der Waals surface area contributed by atoms with Gasteiger partial charge in [0, 0.05) is 24.0 Å². The van der Waals surface area contributed by atoms with Crippen LogP contribution in [0.2, 0.25) is 0 Å². The number of benzene rings is 2. The highest BCUT2D eigenvalue weighted by molar-refractivity contribution is 5.91. The molecule has 1 aromatic heterocycles. The van der Waals surface area contributed by atoms with E-state index in [0.29, 0.717) is 42.9 Å². The Hall–Kier alpha value is -4.28. The molecule has 0 atom stereocenters. The number of halogens is 3. The van der Waals surface area contributed by atoms with Crippen LogP contribution in [0.3, 0.4) is 0 Å². The summed E-state index contributed by atoms with van der Waals surface area (Å²) >= 11 is 0. The van der Waals surface area contributed by atoms with E-state index >= 15 is 0 Å². The molecule has 2 N–H and O–H groups in total. The minimum atomic E-state index is -4.62. The lowest BCUT2D eigenvalue weighted by Crippen LogP contribution is -2.17. The number of methoxy groups -OCH3 is 2. The van der Waals surface area contributed by atoms with Gasteiger partial charge in [-0.15, -0.1) is 0 Å². The largest absolute Gasteiger partial charge is 0.504 e. The highest BCUT2D eigenvalue weighted by Crippen LogP contribution is 2.33. The van der Waals surface area contributed by atoms with Crippen LogP contribution in [0, 0.1) is 0 Å². The van der Waals surface area contributed by atoms with E-state index in [4.69, 9.17) is 9.47 Å². The molecule has 0 unspecified atom stereocenters. The van der Waals surface area contributed by atoms with E-state index in [1.165, 1.54) is 25.3 Å². The number of anilines is 1. The quantitative estimate of drug-likeness (QED) is 0.424. The van der Waals surface area contributed by atoms with Crippen molar-refractivity contribution < 1.29 is 32.9 Å². The van der Waals surface area contributed by atoms with E-state index in [1.807, 2.05) is 6.08 Å². The molecule has 0 saturated heterocycles. The smallest absolute Gasteiger partial charge is 0.433 e. The van der Waals surface area contributed by atoms with Gasteiger partial charge in [0.15, 0.2) is 23.0 Å². The second-order valence-corrected chi connectivity index (χ2v) is 8.31. The first kappa shape index (κ1) is 25.8. The normalized spacial score (nSPS) is 14.7. The molecule has 3 aromatic rings. The van der Waals surface area contributed by atoms with Gasteiger partial charge in [-0.2, -0.15) is 18.3 Å². The van der Waals surface area contributed by atoms with Crippen molar-refractivity contribution in [1.29, 1.82) is 0 Å². The van der Waals surface area contributed by atoms with Crippen LogP contribution < -0.4 is 14.5 Å². The van der Waals surface area contributed by atoms with Crippen LogP contribution in [-0.4, -0.2) is 40.1 Å². The van der Waals surface area contributed by atoms with E-state index in [2.05, 4.69) is 15.1 Å². The molecule has 8 nitrogen and oxygen atoms in total. The van der Waals surface area contributed by atoms with Gasteiger partial charge in [0.05, 0.1) is 14.2 Å². The number of nitrogens with zero attached hydrogens (tertiary/aromatic N) is 4. The van der Waals surface area contributed by atoms with Gasteiger partial charge in [0.2, 0.25) is 0 Å². The topological polar surface area (TPSA) is 100 Å². The zero-order chi connectivity index (χ0) is 26.6. The molecule has 0 aliphatic carbocycles. The van der Waals surface area contributed by atoms with Crippen molar-refractivity contribution in [1.82, 2.24) is 9.97 Å². The van der Waals surface area contributed by atoms with Gasteiger partial charge in [-0.3, -0.25) is 0 Å². The first-order chi connectivity index (χ1) is 17.7. The lowest BCUT2D eigenvalue weighted by atomic mass is 10.0. The molecule has 0 spiro atoms. The maximum absolute atomic E-state index is 13.3. The molecule has 0 bridgehead atoms. The molecule has 2 heterocycles. The van der Waals surface area contributed by atoms with Crippen LogP contribution in [0.15, 0.2) is 65.5 Å². The molecule has 1 aliphatic rings. The molecule has 4 rings (SSSR count). The van der Waals surface area contributed by atoms with Crippen molar-refractivity contribution in [3.63, 3.8) is 0 Å². The summed E-state index contributed by atoms with van der Waals surface area (Å²) in [5, 5.41) is 25.5. The molecule has 1 aliphatic heterocycles. The Balaban J connectivity index is 1.60. The summed E-state index contributed by atoms with van der Waals surface area (Å²) < 4.78 is 50.2. The fraction of sp³-hybridized carbons (Fsp3) is 0.269. The van der Waals surface area contributed by atoms with Crippen LogP contribution in [-0.2, 0) is 19.0 Å². The molecule has 0 amide bonds. The summed E-state index contributed by atoms with van der Waals surface area (Å²) in [5.41, 5.74) is 2.05. The monoisotopic (exact) mass is 514 g/mol.